The minimum atomic E-state index is -0.108. The molecule has 9 aromatic carbocycles. The number of fused-ring (bicyclic) bond motifs is 9. The van der Waals surface area contributed by atoms with Crippen LogP contribution < -0.4 is 4.90 Å². The number of hydrogen-bond donors (Lipinski definition) is 0. The number of hydrogen-bond acceptors (Lipinski definition) is 2. The molecule has 0 unspecified atom stereocenters. The van der Waals surface area contributed by atoms with Crippen molar-refractivity contribution in [2.75, 3.05) is 4.90 Å². The molecule has 1 heterocycles. The monoisotopic (exact) mass is 719 g/mol. The second-order valence-electron chi connectivity index (χ2n) is 15.3. The Kier molecular flexibility index (Phi) is 7.14. The Morgan fingerprint density at radius 1 is 0.400 bits per heavy atom. The number of para-hydroxylation sites is 1. The van der Waals surface area contributed by atoms with E-state index in [1.807, 2.05) is 11.3 Å². The topological polar surface area (TPSA) is 3.24 Å². The highest BCUT2D eigenvalue weighted by Crippen LogP contribution is 2.55. The van der Waals surface area contributed by atoms with Crippen molar-refractivity contribution in [3.63, 3.8) is 0 Å². The second-order valence-corrected chi connectivity index (χ2v) is 16.3. The lowest BCUT2D eigenvalue weighted by Crippen LogP contribution is -2.16. The van der Waals surface area contributed by atoms with E-state index < -0.39 is 0 Å². The largest absolute Gasteiger partial charge is 0.309 e. The maximum atomic E-state index is 2.50. The van der Waals surface area contributed by atoms with Crippen LogP contribution in [0.4, 0.5) is 17.1 Å². The molecule has 0 saturated carbocycles. The van der Waals surface area contributed by atoms with Gasteiger partial charge in [-0.3, -0.25) is 0 Å². The lowest BCUT2D eigenvalue weighted by Gasteiger charge is -2.30. The van der Waals surface area contributed by atoms with Crippen molar-refractivity contribution in [1.29, 1.82) is 0 Å². The molecule has 0 bridgehead atoms. The van der Waals surface area contributed by atoms with Gasteiger partial charge in [0, 0.05) is 42.4 Å². The van der Waals surface area contributed by atoms with E-state index in [9.17, 15) is 0 Å². The average Bonchev–Trinajstić information content (AvgIpc) is 3.74. The fourth-order valence-corrected chi connectivity index (χ4v) is 10.5. The summed E-state index contributed by atoms with van der Waals surface area (Å²) in [5, 5.41) is 7.75. The van der Waals surface area contributed by atoms with Crippen molar-refractivity contribution in [3.05, 3.63) is 199 Å². The van der Waals surface area contributed by atoms with Crippen LogP contribution >= 0.6 is 11.3 Å². The van der Waals surface area contributed by atoms with E-state index in [2.05, 4.69) is 207 Å². The van der Waals surface area contributed by atoms with Crippen molar-refractivity contribution in [3.8, 4) is 33.4 Å². The van der Waals surface area contributed by atoms with E-state index in [1.54, 1.807) is 0 Å². The molecule has 0 atom stereocenters. The Hall–Kier alpha value is -6.48. The highest BCUT2D eigenvalue weighted by Gasteiger charge is 2.38. The molecule has 11 rings (SSSR count). The summed E-state index contributed by atoms with van der Waals surface area (Å²) in [6.45, 7) is 4.72. The maximum Gasteiger partial charge on any atom is 0.0543 e. The summed E-state index contributed by atoms with van der Waals surface area (Å²) in [7, 11) is 0. The maximum absolute atomic E-state index is 2.50. The molecule has 1 aromatic heterocycles. The van der Waals surface area contributed by atoms with Crippen molar-refractivity contribution >= 4 is 70.1 Å². The zero-order chi connectivity index (χ0) is 36.7. The SMILES string of the molecule is CC1(C)c2ccccc2-c2c(N(c3ccc(-c4cccc5c4sc4c6ccccc6ccc54)cc3)c3ccccc3-c3ccc4ccccc4c3)cccc21. The number of rotatable bonds is 5. The Labute approximate surface area is 325 Å². The van der Waals surface area contributed by atoms with Crippen LogP contribution in [0.5, 0.6) is 0 Å². The van der Waals surface area contributed by atoms with Crippen molar-refractivity contribution in [1.82, 2.24) is 0 Å². The molecule has 0 spiro atoms. The first kappa shape index (κ1) is 32.0. The van der Waals surface area contributed by atoms with Crippen molar-refractivity contribution < 1.29 is 0 Å². The fourth-order valence-electron chi connectivity index (χ4n) is 9.14. The molecular formula is C53H37NS. The molecule has 10 aromatic rings. The van der Waals surface area contributed by atoms with Crippen LogP contribution in [-0.4, -0.2) is 0 Å². The van der Waals surface area contributed by atoms with Crippen LogP contribution in [0, 0.1) is 0 Å². The molecule has 0 fully saturated rings. The van der Waals surface area contributed by atoms with Gasteiger partial charge in [0.15, 0.2) is 0 Å². The van der Waals surface area contributed by atoms with E-state index in [0.29, 0.717) is 0 Å². The summed E-state index contributed by atoms with van der Waals surface area (Å²) < 4.78 is 2.69. The van der Waals surface area contributed by atoms with Gasteiger partial charge < -0.3 is 4.90 Å². The van der Waals surface area contributed by atoms with Crippen LogP contribution in [0.15, 0.2) is 188 Å². The first-order valence-corrected chi connectivity index (χ1v) is 19.9. The second kappa shape index (κ2) is 12.3. The molecule has 260 valence electrons. The Bertz CT molecular complexity index is 3130. The van der Waals surface area contributed by atoms with Crippen LogP contribution in [0.2, 0.25) is 0 Å². The summed E-state index contributed by atoms with van der Waals surface area (Å²) in [6, 6.07) is 69.6. The molecule has 55 heavy (non-hydrogen) atoms. The summed E-state index contributed by atoms with van der Waals surface area (Å²) in [5.41, 5.74) is 13.6. The molecule has 0 radical (unpaired) electrons. The van der Waals surface area contributed by atoms with Crippen LogP contribution in [0.3, 0.4) is 0 Å². The Balaban J connectivity index is 1.11. The fraction of sp³-hybridized carbons (Fsp3) is 0.0566. The van der Waals surface area contributed by atoms with Gasteiger partial charge in [-0.1, -0.05) is 172 Å². The zero-order valence-corrected chi connectivity index (χ0v) is 31.6. The summed E-state index contributed by atoms with van der Waals surface area (Å²) >= 11 is 1.91. The molecule has 0 N–H and O–H groups in total. The average molecular weight is 720 g/mol. The highest BCUT2D eigenvalue weighted by molar-refractivity contribution is 7.27. The van der Waals surface area contributed by atoms with Gasteiger partial charge in [0.2, 0.25) is 0 Å². The quantitative estimate of drug-likeness (QED) is 0.171. The van der Waals surface area contributed by atoms with Gasteiger partial charge in [-0.25, -0.2) is 0 Å². The molecule has 1 aliphatic rings. The van der Waals surface area contributed by atoms with Gasteiger partial charge in [0.1, 0.15) is 0 Å². The zero-order valence-electron chi connectivity index (χ0n) is 30.8. The third kappa shape index (κ3) is 4.92. The minimum absolute atomic E-state index is 0.108. The van der Waals surface area contributed by atoms with E-state index in [1.165, 1.54) is 91.9 Å². The van der Waals surface area contributed by atoms with Gasteiger partial charge in [0.05, 0.1) is 11.4 Å². The van der Waals surface area contributed by atoms with Gasteiger partial charge in [0.25, 0.3) is 0 Å². The number of thiophene rings is 1. The molecule has 1 nitrogen and oxygen atoms in total. The molecule has 0 aliphatic heterocycles. The summed E-state index contributed by atoms with van der Waals surface area (Å²) in [5.74, 6) is 0. The molecule has 0 amide bonds. The van der Waals surface area contributed by atoms with Crippen LogP contribution in [-0.2, 0) is 5.41 Å². The molecular weight excluding hydrogens is 683 g/mol. The number of nitrogens with zero attached hydrogens (tertiary/aromatic N) is 1. The molecule has 1 aliphatic carbocycles. The lowest BCUT2D eigenvalue weighted by molar-refractivity contribution is 0.660. The van der Waals surface area contributed by atoms with Gasteiger partial charge in [-0.05, 0) is 85.3 Å². The van der Waals surface area contributed by atoms with E-state index in [4.69, 9.17) is 0 Å². The van der Waals surface area contributed by atoms with Crippen LogP contribution in [0.1, 0.15) is 25.0 Å². The van der Waals surface area contributed by atoms with Crippen LogP contribution in [0.25, 0.3) is 75.1 Å². The first-order chi connectivity index (χ1) is 27.0. The van der Waals surface area contributed by atoms with E-state index >= 15 is 0 Å². The normalized spacial score (nSPS) is 13.1. The van der Waals surface area contributed by atoms with Gasteiger partial charge in [-0.2, -0.15) is 0 Å². The summed E-state index contributed by atoms with van der Waals surface area (Å²) in [6.07, 6.45) is 0. The predicted molar refractivity (Wildman–Crippen MR) is 237 cm³/mol. The standard InChI is InChI=1S/C53H37NS/c1-53(2)46-21-9-7-18-45(46)50-47(53)22-12-24-49(50)54(48-23-10-8-16-40(48)38-26-25-34-13-3-4-15-37(34)33-38)39-30-27-36(28-31-39)42-19-11-20-43-44-32-29-35-14-5-6-17-41(35)52(44)55-51(42)43/h3-33H,1-2H3. The lowest BCUT2D eigenvalue weighted by atomic mass is 9.82. The third-order valence-corrected chi connectivity index (χ3v) is 13.1. The van der Waals surface area contributed by atoms with Crippen molar-refractivity contribution in [2.45, 2.75) is 19.3 Å². The highest BCUT2D eigenvalue weighted by atomic mass is 32.1. The number of anilines is 3. The minimum Gasteiger partial charge on any atom is -0.309 e. The smallest absolute Gasteiger partial charge is 0.0543 e. The van der Waals surface area contributed by atoms with Gasteiger partial charge >= 0.3 is 0 Å². The summed E-state index contributed by atoms with van der Waals surface area (Å²) in [4.78, 5) is 2.50. The molecule has 0 saturated heterocycles. The molecule has 2 heteroatoms. The Morgan fingerprint density at radius 3 is 1.87 bits per heavy atom. The third-order valence-electron chi connectivity index (χ3n) is 11.9. The van der Waals surface area contributed by atoms with Crippen molar-refractivity contribution in [2.24, 2.45) is 0 Å². The first-order valence-electron chi connectivity index (χ1n) is 19.1. The Morgan fingerprint density at radius 2 is 1.00 bits per heavy atom. The predicted octanol–water partition coefficient (Wildman–Crippen LogP) is 15.5. The number of benzene rings is 9. The van der Waals surface area contributed by atoms with E-state index in [0.717, 1.165) is 11.4 Å². The van der Waals surface area contributed by atoms with Gasteiger partial charge in [-0.15, -0.1) is 11.3 Å². The van der Waals surface area contributed by atoms with E-state index in [-0.39, 0.29) is 5.41 Å².